The number of rotatable bonds is 6. The van der Waals surface area contributed by atoms with Crippen molar-refractivity contribution in [1.82, 2.24) is 14.6 Å². The summed E-state index contributed by atoms with van der Waals surface area (Å²) in [5, 5.41) is 11.7. The van der Waals surface area contributed by atoms with Crippen LogP contribution in [0, 0.1) is 0 Å². The summed E-state index contributed by atoms with van der Waals surface area (Å²) >= 11 is 0. The smallest absolute Gasteiger partial charge is 0.177 e. The molecule has 6 nitrogen and oxygen atoms in total. The summed E-state index contributed by atoms with van der Waals surface area (Å²) in [4.78, 5) is 4.44. The summed E-state index contributed by atoms with van der Waals surface area (Å²) in [5.74, 6) is 0.887. The summed E-state index contributed by atoms with van der Waals surface area (Å²) in [6.45, 7) is 0.855. The van der Waals surface area contributed by atoms with Crippen LogP contribution in [0.25, 0.3) is 5.65 Å². The Balaban J connectivity index is 1.45. The number of anilines is 2. The number of hydrogen-bond donors (Lipinski definition) is 3. The zero-order valence-corrected chi connectivity index (χ0v) is 14.9. The number of nitrogens with one attached hydrogen (secondary N) is 2. The molecule has 6 heteroatoms. The van der Waals surface area contributed by atoms with Crippen molar-refractivity contribution in [2.75, 3.05) is 17.2 Å². The molecule has 1 aliphatic rings. The molecule has 4 rings (SSSR count). The molecule has 0 aliphatic heterocycles. The molecule has 0 atom stereocenters. The Kier molecular flexibility index (Phi) is 5.02. The first-order valence-corrected chi connectivity index (χ1v) is 9.42. The fourth-order valence-electron chi connectivity index (χ4n) is 3.58. The van der Waals surface area contributed by atoms with Gasteiger partial charge in [-0.1, -0.05) is 30.3 Å². The van der Waals surface area contributed by atoms with E-state index in [1.54, 1.807) is 6.20 Å². The molecule has 0 spiro atoms. The molecular weight excluding hydrogens is 324 g/mol. The number of benzene rings is 1. The Morgan fingerprint density at radius 1 is 1.12 bits per heavy atom. The highest BCUT2D eigenvalue weighted by Gasteiger charge is 2.19. The number of imidazole rings is 1. The highest BCUT2D eigenvalue weighted by Crippen LogP contribution is 2.23. The third-order valence-corrected chi connectivity index (χ3v) is 5.05. The molecule has 1 aliphatic carbocycles. The standard InChI is InChI=1S/C20H26N6/c21-16-6-8-17(9-7-16)24-19-14-18(20-23-12-13-26(20)25-19)22-11-10-15-4-2-1-3-5-15/h1-5,12-14,16-17,22H,6-11,21H2,(H,24,25). The third kappa shape index (κ3) is 3.96. The largest absolute Gasteiger partial charge is 0.382 e. The molecule has 2 heterocycles. The molecule has 2 aromatic heterocycles. The van der Waals surface area contributed by atoms with Gasteiger partial charge in [-0.25, -0.2) is 9.50 Å². The van der Waals surface area contributed by atoms with Crippen LogP contribution in [-0.2, 0) is 6.42 Å². The van der Waals surface area contributed by atoms with Crippen molar-refractivity contribution in [3.8, 4) is 0 Å². The molecule has 0 amide bonds. The van der Waals surface area contributed by atoms with Crippen LogP contribution in [0.3, 0.4) is 0 Å². The minimum absolute atomic E-state index is 0.354. The zero-order chi connectivity index (χ0) is 17.8. The van der Waals surface area contributed by atoms with E-state index < -0.39 is 0 Å². The van der Waals surface area contributed by atoms with E-state index in [1.165, 1.54) is 5.56 Å². The van der Waals surface area contributed by atoms with Crippen LogP contribution >= 0.6 is 0 Å². The summed E-state index contributed by atoms with van der Waals surface area (Å²) in [6.07, 6.45) is 9.00. The quantitative estimate of drug-likeness (QED) is 0.637. The monoisotopic (exact) mass is 350 g/mol. The van der Waals surface area contributed by atoms with Gasteiger partial charge in [-0.2, -0.15) is 0 Å². The van der Waals surface area contributed by atoms with Crippen LogP contribution in [0.5, 0.6) is 0 Å². The number of hydrogen-bond acceptors (Lipinski definition) is 5. The van der Waals surface area contributed by atoms with Crippen LogP contribution in [0.2, 0.25) is 0 Å². The molecule has 3 aromatic rings. The fraction of sp³-hybridized carbons (Fsp3) is 0.400. The molecule has 4 N–H and O–H groups in total. The fourth-order valence-corrected chi connectivity index (χ4v) is 3.58. The van der Waals surface area contributed by atoms with Gasteiger partial charge < -0.3 is 16.4 Å². The molecule has 1 saturated carbocycles. The van der Waals surface area contributed by atoms with E-state index in [-0.39, 0.29) is 0 Å². The van der Waals surface area contributed by atoms with Gasteiger partial charge in [0.15, 0.2) is 5.65 Å². The lowest BCUT2D eigenvalue weighted by molar-refractivity contribution is 0.410. The van der Waals surface area contributed by atoms with Crippen molar-refractivity contribution in [3.05, 3.63) is 54.4 Å². The second kappa shape index (κ2) is 7.74. The molecule has 0 bridgehead atoms. The molecule has 0 radical (unpaired) electrons. The van der Waals surface area contributed by atoms with Gasteiger partial charge >= 0.3 is 0 Å². The Labute approximate surface area is 153 Å². The van der Waals surface area contributed by atoms with Gasteiger partial charge in [0.25, 0.3) is 0 Å². The van der Waals surface area contributed by atoms with E-state index in [9.17, 15) is 0 Å². The zero-order valence-electron chi connectivity index (χ0n) is 14.9. The number of fused-ring (bicyclic) bond motifs is 1. The lowest BCUT2D eigenvalue weighted by atomic mass is 9.92. The SMILES string of the molecule is NC1CCC(Nc2cc(NCCc3ccccc3)c3nccn3n2)CC1. The van der Waals surface area contributed by atoms with Gasteiger partial charge in [-0.05, 0) is 37.7 Å². The predicted molar refractivity (Wildman–Crippen MR) is 105 cm³/mol. The van der Waals surface area contributed by atoms with Crippen LogP contribution < -0.4 is 16.4 Å². The van der Waals surface area contributed by atoms with Gasteiger partial charge in [0.05, 0.1) is 5.69 Å². The number of nitrogens with zero attached hydrogens (tertiary/aromatic N) is 3. The van der Waals surface area contributed by atoms with E-state index in [2.05, 4.69) is 51.0 Å². The van der Waals surface area contributed by atoms with Crippen molar-refractivity contribution in [2.45, 2.75) is 44.2 Å². The van der Waals surface area contributed by atoms with E-state index in [1.807, 2.05) is 16.8 Å². The predicted octanol–water partition coefficient (Wildman–Crippen LogP) is 3.07. The highest BCUT2D eigenvalue weighted by atomic mass is 15.3. The lowest BCUT2D eigenvalue weighted by Gasteiger charge is -2.27. The Bertz CT molecular complexity index is 836. The minimum atomic E-state index is 0.354. The number of nitrogens with two attached hydrogens (primary N) is 1. The Hall–Kier alpha value is -2.60. The van der Waals surface area contributed by atoms with Gasteiger partial charge in [0.2, 0.25) is 0 Å². The maximum Gasteiger partial charge on any atom is 0.177 e. The molecule has 136 valence electrons. The maximum absolute atomic E-state index is 6.01. The first kappa shape index (κ1) is 16.8. The second-order valence-corrected chi connectivity index (χ2v) is 7.06. The topological polar surface area (TPSA) is 80.3 Å². The second-order valence-electron chi connectivity index (χ2n) is 7.06. The maximum atomic E-state index is 6.01. The van der Waals surface area contributed by atoms with Crippen LogP contribution in [0.1, 0.15) is 31.2 Å². The van der Waals surface area contributed by atoms with Crippen LogP contribution in [0.4, 0.5) is 11.5 Å². The van der Waals surface area contributed by atoms with E-state index in [0.29, 0.717) is 12.1 Å². The van der Waals surface area contributed by atoms with Crippen molar-refractivity contribution < 1.29 is 0 Å². The molecular formula is C20H26N6. The van der Waals surface area contributed by atoms with Crippen molar-refractivity contribution in [3.63, 3.8) is 0 Å². The van der Waals surface area contributed by atoms with Crippen LogP contribution in [-0.4, -0.2) is 33.2 Å². The lowest BCUT2D eigenvalue weighted by Crippen LogP contribution is -2.33. The van der Waals surface area contributed by atoms with Gasteiger partial charge in [-0.15, -0.1) is 5.10 Å². The van der Waals surface area contributed by atoms with E-state index in [0.717, 1.165) is 55.8 Å². The van der Waals surface area contributed by atoms with E-state index in [4.69, 9.17) is 5.73 Å². The van der Waals surface area contributed by atoms with Gasteiger partial charge in [0.1, 0.15) is 5.82 Å². The van der Waals surface area contributed by atoms with Gasteiger partial charge in [-0.3, -0.25) is 0 Å². The average molecular weight is 350 g/mol. The first-order valence-electron chi connectivity index (χ1n) is 9.42. The van der Waals surface area contributed by atoms with E-state index >= 15 is 0 Å². The molecule has 0 saturated heterocycles. The summed E-state index contributed by atoms with van der Waals surface area (Å²) < 4.78 is 1.84. The van der Waals surface area contributed by atoms with Crippen molar-refractivity contribution in [1.29, 1.82) is 0 Å². The molecule has 26 heavy (non-hydrogen) atoms. The van der Waals surface area contributed by atoms with Crippen molar-refractivity contribution in [2.24, 2.45) is 5.73 Å². The normalized spacial score (nSPS) is 20.2. The van der Waals surface area contributed by atoms with Gasteiger partial charge in [0, 0.05) is 37.1 Å². The minimum Gasteiger partial charge on any atom is -0.382 e. The molecule has 1 fully saturated rings. The van der Waals surface area contributed by atoms with Crippen molar-refractivity contribution >= 4 is 17.2 Å². The third-order valence-electron chi connectivity index (χ3n) is 5.05. The first-order chi connectivity index (χ1) is 12.8. The number of aromatic nitrogens is 3. The molecule has 0 unspecified atom stereocenters. The van der Waals surface area contributed by atoms with Crippen LogP contribution in [0.15, 0.2) is 48.8 Å². The summed E-state index contributed by atoms with van der Waals surface area (Å²) in [5.41, 5.74) is 9.20. The average Bonchev–Trinajstić information content (AvgIpc) is 3.13. The summed E-state index contributed by atoms with van der Waals surface area (Å²) in [7, 11) is 0. The summed E-state index contributed by atoms with van der Waals surface area (Å²) in [6, 6.07) is 13.4. The Morgan fingerprint density at radius 2 is 1.92 bits per heavy atom. The Morgan fingerprint density at radius 3 is 2.73 bits per heavy atom. The molecule has 1 aromatic carbocycles. The highest BCUT2D eigenvalue weighted by molar-refractivity contribution is 5.70.